The molecule has 19 heavy (non-hydrogen) atoms. The fourth-order valence-electron chi connectivity index (χ4n) is 2.68. The molecule has 0 amide bonds. The highest BCUT2D eigenvalue weighted by molar-refractivity contribution is 5.50. The van der Waals surface area contributed by atoms with Crippen molar-refractivity contribution in [3.05, 3.63) is 64.7 Å². The summed E-state index contributed by atoms with van der Waals surface area (Å²) in [7, 11) is 0. The molecule has 98 valence electrons. The molecule has 2 N–H and O–H groups in total. The van der Waals surface area contributed by atoms with Gasteiger partial charge in [0.05, 0.1) is 18.6 Å². The first-order valence-electron chi connectivity index (χ1n) is 6.63. The van der Waals surface area contributed by atoms with Gasteiger partial charge in [-0.2, -0.15) is 0 Å². The minimum atomic E-state index is -0.0200. The third-order valence-electron chi connectivity index (χ3n) is 4.20. The Hall–Kier alpha value is -1.80. The van der Waals surface area contributed by atoms with Crippen molar-refractivity contribution >= 4 is 5.69 Å². The maximum Gasteiger partial charge on any atom is 0.0670 e. The number of nitrogen functional groups attached to an aromatic ring is 1. The number of ether oxygens (including phenoxy) is 1. The molecular weight excluding hydrogens is 234 g/mol. The standard InChI is InChI=1S/C17H19NO/c1-12-6-7-15(8-13(12)2)17(10-19-11-17)14-4-3-5-16(18)9-14/h3-9H,10-11,18H2,1-2H3. The van der Waals surface area contributed by atoms with Gasteiger partial charge in [0.15, 0.2) is 0 Å². The minimum Gasteiger partial charge on any atom is -0.399 e. The van der Waals surface area contributed by atoms with Gasteiger partial charge in [-0.25, -0.2) is 0 Å². The number of benzene rings is 2. The van der Waals surface area contributed by atoms with E-state index in [2.05, 4.69) is 44.2 Å². The summed E-state index contributed by atoms with van der Waals surface area (Å²) in [4.78, 5) is 0. The molecule has 0 aromatic heterocycles. The van der Waals surface area contributed by atoms with E-state index in [9.17, 15) is 0 Å². The molecule has 1 heterocycles. The van der Waals surface area contributed by atoms with Gasteiger partial charge in [0.1, 0.15) is 0 Å². The largest absolute Gasteiger partial charge is 0.399 e. The number of nitrogens with two attached hydrogens (primary N) is 1. The van der Waals surface area contributed by atoms with Gasteiger partial charge in [-0.3, -0.25) is 0 Å². The van der Waals surface area contributed by atoms with Crippen molar-refractivity contribution in [1.29, 1.82) is 0 Å². The number of rotatable bonds is 2. The minimum absolute atomic E-state index is 0.0200. The summed E-state index contributed by atoms with van der Waals surface area (Å²) in [6.45, 7) is 5.77. The summed E-state index contributed by atoms with van der Waals surface area (Å²) in [5, 5.41) is 0. The summed E-state index contributed by atoms with van der Waals surface area (Å²) >= 11 is 0. The van der Waals surface area contributed by atoms with Crippen LogP contribution >= 0.6 is 0 Å². The molecule has 2 nitrogen and oxygen atoms in total. The zero-order valence-corrected chi connectivity index (χ0v) is 11.4. The molecule has 2 aromatic rings. The fraction of sp³-hybridized carbons (Fsp3) is 0.294. The predicted octanol–water partition coefficient (Wildman–Crippen LogP) is 3.20. The van der Waals surface area contributed by atoms with E-state index in [-0.39, 0.29) is 5.41 Å². The maximum absolute atomic E-state index is 5.93. The molecule has 0 spiro atoms. The molecule has 1 fully saturated rings. The summed E-state index contributed by atoms with van der Waals surface area (Å²) in [6, 6.07) is 14.8. The van der Waals surface area contributed by atoms with Crippen molar-refractivity contribution in [2.24, 2.45) is 0 Å². The SMILES string of the molecule is Cc1ccc(C2(c3cccc(N)c3)COC2)cc1C. The second-order valence-electron chi connectivity index (χ2n) is 5.50. The van der Waals surface area contributed by atoms with E-state index in [1.165, 1.54) is 22.3 Å². The molecule has 2 aromatic carbocycles. The van der Waals surface area contributed by atoms with E-state index in [0.29, 0.717) is 0 Å². The highest BCUT2D eigenvalue weighted by atomic mass is 16.5. The van der Waals surface area contributed by atoms with Gasteiger partial charge >= 0.3 is 0 Å². The zero-order valence-electron chi connectivity index (χ0n) is 11.4. The Morgan fingerprint density at radius 3 is 2.26 bits per heavy atom. The van der Waals surface area contributed by atoms with Gasteiger partial charge in [-0.1, -0.05) is 30.3 Å². The van der Waals surface area contributed by atoms with E-state index in [1.807, 2.05) is 12.1 Å². The molecule has 0 unspecified atom stereocenters. The first-order valence-corrected chi connectivity index (χ1v) is 6.63. The summed E-state index contributed by atoms with van der Waals surface area (Å²) in [6.07, 6.45) is 0. The van der Waals surface area contributed by atoms with Crippen LogP contribution < -0.4 is 5.73 Å². The van der Waals surface area contributed by atoms with Gasteiger partial charge < -0.3 is 10.5 Å². The van der Waals surface area contributed by atoms with Gasteiger partial charge in [0, 0.05) is 5.69 Å². The molecule has 3 rings (SSSR count). The van der Waals surface area contributed by atoms with E-state index in [4.69, 9.17) is 10.5 Å². The number of aryl methyl sites for hydroxylation is 2. The molecular formula is C17H19NO. The number of hydrogen-bond acceptors (Lipinski definition) is 2. The van der Waals surface area contributed by atoms with Crippen LogP contribution in [0.25, 0.3) is 0 Å². The van der Waals surface area contributed by atoms with Crippen molar-refractivity contribution in [3.8, 4) is 0 Å². The van der Waals surface area contributed by atoms with Crippen LogP contribution in [0.3, 0.4) is 0 Å². The first kappa shape index (κ1) is 12.2. The van der Waals surface area contributed by atoms with Gasteiger partial charge in [0.2, 0.25) is 0 Å². The lowest BCUT2D eigenvalue weighted by molar-refractivity contribution is -0.0379. The first-order chi connectivity index (χ1) is 9.12. The Morgan fingerprint density at radius 1 is 0.947 bits per heavy atom. The third-order valence-corrected chi connectivity index (χ3v) is 4.20. The van der Waals surface area contributed by atoms with E-state index < -0.39 is 0 Å². The van der Waals surface area contributed by atoms with Crippen molar-refractivity contribution in [3.63, 3.8) is 0 Å². The van der Waals surface area contributed by atoms with Crippen molar-refractivity contribution in [2.45, 2.75) is 19.3 Å². The Kier molecular flexibility index (Phi) is 2.83. The van der Waals surface area contributed by atoms with Crippen LogP contribution in [0.5, 0.6) is 0 Å². The van der Waals surface area contributed by atoms with Gasteiger partial charge in [-0.15, -0.1) is 0 Å². The normalized spacial score (nSPS) is 16.9. The molecule has 1 aliphatic rings. The highest BCUT2D eigenvalue weighted by Crippen LogP contribution is 2.40. The van der Waals surface area contributed by atoms with E-state index in [1.54, 1.807) is 0 Å². The molecule has 1 aliphatic heterocycles. The molecule has 0 saturated carbocycles. The third kappa shape index (κ3) is 1.92. The van der Waals surface area contributed by atoms with Crippen LogP contribution in [0, 0.1) is 13.8 Å². The van der Waals surface area contributed by atoms with Crippen molar-refractivity contribution in [2.75, 3.05) is 18.9 Å². The van der Waals surface area contributed by atoms with Crippen LogP contribution in [0.1, 0.15) is 22.3 Å². The smallest absolute Gasteiger partial charge is 0.0670 e. The lowest BCUT2D eigenvalue weighted by atomic mass is 9.72. The molecule has 0 atom stereocenters. The molecule has 0 aliphatic carbocycles. The fourth-order valence-corrected chi connectivity index (χ4v) is 2.68. The van der Waals surface area contributed by atoms with Crippen LogP contribution in [0.4, 0.5) is 5.69 Å². The monoisotopic (exact) mass is 253 g/mol. The highest BCUT2D eigenvalue weighted by Gasteiger charge is 2.42. The number of anilines is 1. The van der Waals surface area contributed by atoms with E-state index in [0.717, 1.165) is 18.9 Å². The predicted molar refractivity (Wildman–Crippen MR) is 78.4 cm³/mol. The van der Waals surface area contributed by atoms with Crippen LogP contribution in [0.2, 0.25) is 0 Å². The zero-order chi connectivity index (χ0) is 13.5. The van der Waals surface area contributed by atoms with Crippen LogP contribution in [-0.2, 0) is 10.2 Å². The lowest BCUT2D eigenvalue weighted by Gasteiger charge is -2.43. The number of hydrogen-bond donors (Lipinski definition) is 1. The van der Waals surface area contributed by atoms with Crippen LogP contribution in [-0.4, -0.2) is 13.2 Å². The molecule has 2 heteroatoms. The Bertz CT molecular complexity index is 614. The van der Waals surface area contributed by atoms with Crippen LogP contribution in [0.15, 0.2) is 42.5 Å². The maximum atomic E-state index is 5.93. The lowest BCUT2D eigenvalue weighted by Crippen LogP contribution is -2.47. The quantitative estimate of drug-likeness (QED) is 0.834. The summed E-state index contributed by atoms with van der Waals surface area (Å²) in [5.74, 6) is 0. The Balaban J connectivity index is 2.10. The topological polar surface area (TPSA) is 35.2 Å². The van der Waals surface area contributed by atoms with Gasteiger partial charge in [-0.05, 0) is 48.2 Å². The summed E-state index contributed by atoms with van der Waals surface area (Å²) in [5.41, 5.74) is 11.9. The summed E-state index contributed by atoms with van der Waals surface area (Å²) < 4.78 is 5.52. The molecule has 0 radical (unpaired) electrons. The Labute approximate surface area is 114 Å². The Morgan fingerprint density at radius 2 is 1.68 bits per heavy atom. The second kappa shape index (κ2) is 4.39. The van der Waals surface area contributed by atoms with Crippen molar-refractivity contribution in [1.82, 2.24) is 0 Å². The van der Waals surface area contributed by atoms with E-state index >= 15 is 0 Å². The molecule has 1 saturated heterocycles. The average Bonchev–Trinajstić information content (AvgIpc) is 2.32. The van der Waals surface area contributed by atoms with Crippen molar-refractivity contribution < 1.29 is 4.74 Å². The average molecular weight is 253 g/mol. The van der Waals surface area contributed by atoms with Gasteiger partial charge in [0.25, 0.3) is 0 Å². The second-order valence-corrected chi connectivity index (χ2v) is 5.50. The molecule has 0 bridgehead atoms.